The number of nitrogens with one attached hydrogen (secondary N) is 2. The summed E-state index contributed by atoms with van der Waals surface area (Å²) in [5, 5.41) is 17.0. The number of carbonyl (C=O) groups is 1. The molecule has 0 bridgehead atoms. The van der Waals surface area contributed by atoms with E-state index in [4.69, 9.17) is 26.0 Å². The SMILES string of the molecule is CC(C)(C)OC(=O)N1CCN(CC(=N)n2cc(OC3CCC(N)c4ccccc43)ccc2=N)CC1. The summed E-state index contributed by atoms with van der Waals surface area (Å²) in [5.74, 6) is 0.910. The van der Waals surface area contributed by atoms with Crippen molar-refractivity contribution in [3.05, 3.63) is 59.2 Å². The predicted octanol–water partition coefficient (Wildman–Crippen LogP) is 3.26. The van der Waals surface area contributed by atoms with Gasteiger partial charge in [-0.05, 0) is 56.9 Å². The van der Waals surface area contributed by atoms with Crippen LogP contribution in [0.25, 0.3) is 0 Å². The molecular formula is C26H36N6O3. The molecule has 2 heterocycles. The first-order valence-electron chi connectivity index (χ1n) is 12.2. The maximum Gasteiger partial charge on any atom is 0.410 e. The first-order valence-corrected chi connectivity index (χ1v) is 12.2. The number of nitrogens with zero attached hydrogens (tertiary/aromatic N) is 3. The van der Waals surface area contributed by atoms with Gasteiger partial charge in [0, 0.05) is 32.2 Å². The van der Waals surface area contributed by atoms with Crippen LogP contribution in [0.4, 0.5) is 4.79 Å². The third-order valence-electron chi connectivity index (χ3n) is 6.37. The number of nitrogens with two attached hydrogens (primary N) is 1. The highest BCUT2D eigenvalue weighted by Gasteiger charge is 2.28. The molecule has 1 saturated heterocycles. The smallest absolute Gasteiger partial charge is 0.410 e. The summed E-state index contributed by atoms with van der Waals surface area (Å²) in [5.41, 5.74) is 8.21. The number of pyridine rings is 1. The Kier molecular flexibility index (Phi) is 7.28. The van der Waals surface area contributed by atoms with Crippen molar-refractivity contribution in [1.82, 2.24) is 14.4 Å². The van der Waals surface area contributed by atoms with E-state index in [-0.39, 0.29) is 29.6 Å². The molecule has 1 aliphatic heterocycles. The lowest BCUT2D eigenvalue weighted by atomic mass is 9.86. The van der Waals surface area contributed by atoms with Gasteiger partial charge in [-0.25, -0.2) is 4.79 Å². The zero-order valence-electron chi connectivity index (χ0n) is 20.8. The van der Waals surface area contributed by atoms with Gasteiger partial charge in [0.25, 0.3) is 0 Å². The number of benzene rings is 1. The van der Waals surface area contributed by atoms with E-state index in [1.165, 1.54) is 0 Å². The minimum Gasteiger partial charge on any atom is -0.484 e. The van der Waals surface area contributed by atoms with Crippen LogP contribution in [0, 0.1) is 10.8 Å². The topological polar surface area (TPSA) is 121 Å². The van der Waals surface area contributed by atoms with Crippen molar-refractivity contribution in [1.29, 1.82) is 10.8 Å². The molecule has 2 atom stereocenters. The van der Waals surface area contributed by atoms with Crippen LogP contribution >= 0.6 is 0 Å². The molecule has 2 unspecified atom stereocenters. The fourth-order valence-corrected chi connectivity index (χ4v) is 4.55. The normalized spacial score (nSPS) is 20.7. The molecule has 9 heteroatoms. The molecule has 2 aromatic rings. The summed E-state index contributed by atoms with van der Waals surface area (Å²) in [6.45, 7) is 8.34. The second-order valence-corrected chi connectivity index (χ2v) is 10.2. The molecule has 0 spiro atoms. The van der Waals surface area contributed by atoms with Gasteiger partial charge in [-0.3, -0.25) is 20.3 Å². The van der Waals surface area contributed by atoms with Crippen LogP contribution in [0.3, 0.4) is 0 Å². The second-order valence-electron chi connectivity index (χ2n) is 10.2. The van der Waals surface area contributed by atoms with Crippen LogP contribution < -0.4 is 16.0 Å². The number of carbonyl (C=O) groups excluding carboxylic acids is 1. The largest absolute Gasteiger partial charge is 0.484 e. The Balaban J connectivity index is 1.38. The molecule has 1 aromatic heterocycles. The highest BCUT2D eigenvalue weighted by atomic mass is 16.6. The molecule has 1 amide bonds. The summed E-state index contributed by atoms with van der Waals surface area (Å²) >= 11 is 0. The Morgan fingerprint density at radius 1 is 1.06 bits per heavy atom. The number of rotatable bonds is 4. The van der Waals surface area contributed by atoms with Gasteiger partial charge in [0.1, 0.15) is 28.8 Å². The van der Waals surface area contributed by atoms with E-state index in [2.05, 4.69) is 17.0 Å². The minimum absolute atomic E-state index is 0.0237. The Hall–Kier alpha value is -3.17. The van der Waals surface area contributed by atoms with Gasteiger partial charge in [-0.2, -0.15) is 0 Å². The molecule has 4 rings (SSSR count). The number of piperazine rings is 1. The van der Waals surface area contributed by atoms with E-state index >= 15 is 0 Å². The summed E-state index contributed by atoms with van der Waals surface area (Å²) in [6.07, 6.45) is 2.98. The van der Waals surface area contributed by atoms with E-state index in [0.29, 0.717) is 38.5 Å². The van der Waals surface area contributed by atoms with E-state index in [1.807, 2.05) is 32.9 Å². The lowest BCUT2D eigenvalue weighted by Crippen LogP contribution is -2.51. The molecule has 9 nitrogen and oxygen atoms in total. The third kappa shape index (κ3) is 6.10. The molecule has 4 N–H and O–H groups in total. The number of amides is 1. The van der Waals surface area contributed by atoms with Gasteiger partial charge >= 0.3 is 6.09 Å². The van der Waals surface area contributed by atoms with Crippen molar-refractivity contribution < 1.29 is 14.3 Å². The maximum absolute atomic E-state index is 12.3. The lowest BCUT2D eigenvalue weighted by molar-refractivity contribution is 0.0156. The van der Waals surface area contributed by atoms with Gasteiger partial charge < -0.3 is 20.1 Å². The molecule has 2 aliphatic rings. The maximum atomic E-state index is 12.3. The molecule has 1 aliphatic carbocycles. The molecule has 35 heavy (non-hydrogen) atoms. The highest BCUT2D eigenvalue weighted by Crippen LogP contribution is 2.37. The Labute approximate surface area is 206 Å². The van der Waals surface area contributed by atoms with Gasteiger partial charge in [0.05, 0.1) is 12.7 Å². The number of aromatic nitrogens is 1. The average molecular weight is 481 g/mol. The summed E-state index contributed by atoms with van der Waals surface area (Å²) in [7, 11) is 0. The fraction of sp³-hybridized carbons (Fsp3) is 0.500. The molecular weight excluding hydrogens is 444 g/mol. The minimum atomic E-state index is -0.518. The molecule has 1 aromatic carbocycles. The third-order valence-corrected chi connectivity index (χ3v) is 6.37. The van der Waals surface area contributed by atoms with Crippen LogP contribution in [0.5, 0.6) is 5.75 Å². The standard InChI is InChI=1S/C26H36N6O3/c1-26(2,3)35-25(33)31-14-12-30(13-15-31)17-24(29)32-16-18(8-11-23(32)28)34-22-10-9-21(27)19-6-4-5-7-20(19)22/h4-8,11,16,21-22,28-29H,9-10,12-15,17,27H2,1-3H3. The molecule has 1 fully saturated rings. The van der Waals surface area contributed by atoms with Crippen molar-refractivity contribution in [3.8, 4) is 5.75 Å². The van der Waals surface area contributed by atoms with E-state index in [1.54, 1.807) is 27.8 Å². The van der Waals surface area contributed by atoms with Crippen LogP contribution in [0.15, 0.2) is 42.6 Å². The van der Waals surface area contributed by atoms with Crippen LogP contribution in [0.1, 0.15) is 56.9 Å². The number of fused-ring (bicyclic) bond motifs is 1. The van der Waals surface area contributed by atoms with Crippen LogP contribution in [0.2, 0.25) is 0 Å². The van der Waals surface area contributed by atoms with Crippen molar-refractivity contribution >= 4 is 11.9 Å². The molecule has 0 saturated carbocycles. The van der Waals surface area contributed by atoms with Gasteiger partial charge in [0.2, 0.25) is 0 Å². The lowest BCUT2D eigenvalue weighted by Gasteiger charge is -2.35. The van der Waals surface area contributed by atoms with Crippen LogP contribution in [-0.4, -0.2) is 64.6 Å². The predicted molar refractivity (Wildman–Crippen MR) is 134 cm³/mol. The molecule has 188 valence electrons. The van der Waals surface area contributed by atoms with Crippen molar-refractivity contribution in [2.45, 2.75) is 51.4 Å². The zero-order chi connectivity index (χ0) is 25.2. The van der Waals surface area contributed by atoms with Crippen molar-refractivity contribution in [2.75, 3.05) is 32.7 Å². The van der Waals surface area contributed by atoms with Gasteiger partial charge in [-0.1, -0.05) is 24.3 Å². The van der Waals surface area contributed by atoms with Crippen LogP contribution in [-0.2, 0) is 4.74 Å². The van der Waals surface area contributed by atoms with E-state index < -0.39 is 5.60 Å². The number of hydrogen-bond acceptors (Lipinski definition) is 7. The van der Waals surface area contributed by atoms with Gasteiger partial charge in [-0.15, -0.1) is 0 Å². The van der Waals surface area contributed by atoms with E-state index in [9.17, 15) is 4.79 Å². The first-order chi connectivity index (χ1) is 16.6. The fourth-order valence-electron chi connectivity index (χ4n) is 4.55. The summed E-state index contributed by atoms with van der Waals surface area (Å²) in [4.78, 5) is 16.1. The van der Waals surface area contributed by atoms with Crippen molar-refractivity contribution in [3.63, 3.8) is 0 Å². The second kappa shape index (κ2) is 10.2. The monoisotopic (exact) mass is 480 g/mol. The van der Waals surface area contributed by atoms with Gasteiger partial charge in [0.15, 0.2) is 0 Å². The number of hydrogen-bond donors (Lipinski definition) is 3. The zero-order valence-corrected chi connectivity index (χ0v) is 20.8. The Morgan fingerprint density at radius 2 is 1.74 bits per heavy atom. The Bertz CT molecular complexity index is 1130. The summed E-state index contributed by atoms with van der Waals surface area (Å²) < 4.78 is 13.3. The number of ether oxygens (including phenoxy) is 2. The summed E-state index contributed by atoms with van der Waals surface area (Å²) in [6, 6.07) is 11.6. The highest BCUT2D eigenvalue weighted by molar-refractivity contribution is 5.83. The van der Waals surface area contributed by atoms with E-state index in [0.717, 1.165) is 24.0 Å². The quantitative estimate of drug-likeness (QED) is 0.458. The molecule has 0 radical (unpaired) electrons. The average Bonchev–Trinajstić information content (AvgIpc) is 2.81. The Morgan fingerprint density at radius 3 is 2.43 bits per heavy atom. The first kappa shape index (κ1) is 24.9. The van der Waals surface area contributed by atoms with Crippen molar-refractivity contribution in [2.24, 2.45) is 5.73 Å².